The molecule has 1 saturated carbocycles. The van der Waals surface area contributed by atoms with Gasteiger partial charge in [-0.2, -0.15) is 0 Å². The Morgan fingerprint density at radius 3 is 2.06 bits per heavy atom. The lowest BCUT2D eigenvalue weighted by molar-refractivity contribution is -0.119. The van der Waals surface area contributed by atoms with Crippen LogP contribution in [0.2, 0.25) is 0 Å². The molecule has 0 spiro atoms. The molecule has 0 aromatic heterocycles. The van der Waals surface area contributed by atoms with E-state index in [9.17, 15) is 9.59 Å². The van der Waals surface area contributed by atoms with Gasteiger partial charge in [-0.1, -0.05) is 27.7 Å². The molecule has 0 aliphatic heterocycles. The molecule has 1 fully saturated rings. The van der Waals surface area contributed by atoms with Gasteiger partial charge in [-0.3, -0.25) is 10.1 Å². The Hall–Kier alpha value is -0.770. The lowest BCUT2D eigenvalue weighted by atomic mass is 10.0. The first-order valence-electron chi connectivity index (χ1n) is 5.40. The third kappa shape index (κ3) is 2.32. The molecule has 2 N–H and O–H groups in total. The highest BCUT2D eigenvalue weighted by atomic mass is 35.5. The van der Waals surface area contributed by atoms with Gasteiger partial charge >= 0.3 is 6.03 Å². The van der Waals surface area contributed by atoms with E-state index in [0.717, 1.165) is 0 Å². The van der Waals surface area contributed by atoms with E-state index in [-0.39, 0.29) is 35.1 Å². The predicted molar refractivity (Wildman–Crippen MR) is 63.4 cm³/mol. The molecule has 0 unspecified atom stereocenters. The number of urea groups is 1. The number of imide groups is 1. The quantitative estimate of drug-likeness (QED) is 0.747. The van der Waals surface area contributed by atoms with Crippen molar-refractivity contribution in [2.75, 3.05) is 5.88 Å². The van der Waals surface area contributed by atoms with Crippen LogP contribution in [0.25, 0.3) is 0 Å². The number of amides is 3. The van der Waals surface area contributed by atoms with Crippen LogP contribution in [0, 0.1) is 10.8 Å². The molecule has 1 aliphatic carbocycles. The highest BCUT2D eigenvalue weighted by Crippen LogP contribution is 2.62. The molecule has 1 aliphatic rings. The van der Waals surface area contributed by atoms with E-state index >= 15 is 0 Å². The minimum Gasteiger partial charge on any atom is -0.334 e. The standard InChI is InChI=1S/C11H19ClN2O2/c1-10(2)8(11(10,3)4)14-9(16)13-7(15)5-6-12/h8H,5-6H2,1-4H3,(H2,13,14,15,16). The third-order valence-electron chi connectivity index (χ3n) is 3.87. The molecule has 0 bridgehead atoms. The van der Waals surface area contributed by atoms with Gasteiger partial charge in [0.05, 0.1) is 0 Å². The molecule has 0 saturated heterocycles. The second-order valence-electron chi connectivity index (χ2n) is 5.34. The highest BCUT2D eigenvalue weighted by Gasteiger charge is 2.65. The van der Waals surface area contributed by atoms with Gasteiger partial charge in [0, 0.05) is 18.3 Å². The van der Waals surface area contributed by atoms with E-state index < -0.39 is 6.03 Å². The van der Waals surface area contributed by atoms with E-state index in [4.69, 9.17) is 11.6 Å². The normalized spacial score (nSPS) is 21.3. The smallest absolute Gasteiger partial charge is 0.321 e. The maximum Gasteiger partial charge on any atom is 0.321 e. The monoisotopic (exact) mass is 246 g/mol. The summed E-state index contributed by atoms with van der Waals surface area (Å²) in [4.78, 5) is 22.6. The number of carbonyl (C=O) groups is 2. The predicted octanol–water partition coefficient (Wildman–Crippen LogP) is 1.88. The van der Waals surface area contributed by atoms with Crippen molar-refractivity contribution in [2.45, 2.75) is 40.2 Å². The fraction of sp³-hybridized carbons (Fsp3) is 0.818. The molecule has 16 heavy (non-hydrogen) atoms. The summed E-state index contributed by atoms with van der Waals surface area (Å²) >= 11 is 5.40. The maximum absolute atomic E-state index is 11.5. The van der Waals surface area contributed by atoms with E-state index in [1.54, 1.807) is 0 Å². The molecule has 0 atom stereocenters. The van der Waals surface area contributed by atoms with Gasteiger partial charge in [0.1, 0.15) is 0 Å². The van der Waals surface area contributed by atoms with E-state index in [2.05, 4.69) is 38.3 Å². The Balaban J connectivity index is 2.40. The second-order valence-corrected chi connectivity index (χ2v) is 5.71. The molecule has 0 radical (unpaired) electrons. The van der Waals surface area contributed by atoms with Gasteiger partial charge in [0.2, 0.25) is 5.91 Å². The Morgan fingerprint density at radius 2 is 1.69 bits per heavy atom. The van der Waals surface area contributed by atoms with Crippen LogP contribution in [0.4, 0.5) is 4.79 Å². The molecular formula is C11H19ClN2O2. The summed E-state index contributed by atoms with van der Waals surface area (Å²) < 4.78 is 0. The zero-order valence-corrected chi connectivity index (χ0v) is 10.9. The lowest BCUT2D eigenvalue weighted by Gasteiger charge is -2.07. The van der Waals surface area contributed by atoms with Crippen molar-refractivity contribution in [2.24, 2.45) is 10.8 Å². The van der Waals surface area contributed by atoms with Crippen LogP contribution < -0.4 is 10.6 Å². The fourth-order valence-electron chi connectivity index (χ4n) is 2.00. The van der Waals surface area contributed by atoms with Crippen molar-refractivity contribution < 1.29 is 9.59 Å². The van der Waals surface area contributed by atoms with Crippen LogP contribution in [0.5, 0.6) is 0 Å². The number of nitrogens with one attached hydrogen (secondary N) is 2. The largest absolute Gasteiger partial charge is 0.334 e. The first-order valence-corrected chi connectivity index (χ1v) is 5.93. The van der Waals surface area contributed by atoms with Crippen molar-refractivity contribution in [1.82, 2.24) is 10.6 Å². The number of rotatable bonds is 3. The topological polar surface area (TPSA) is 58.2 Å². The first-order chi connectivity index (χ1) is 7.23. The van der Waals surface area contributed by atoms with E-state index in [0.29, 0.717) is 0 Å². The minimum absolute atomic E-state index is 0.0693. The van der Waals surface area contributed by atoms with Crippen LogP contribution in [0.1, 0.15) is 34.1 Å². The van der Waals surface area contributed by atoms with Crippen molar-refractivity contribution >= 4 is 23.5 Å². The molecule has 3 amide bonds. The number of hydrogen-bond acceptors (Lipinski definition) is 2. The summed E-state index contributed by atoms with van der Waals surface area (Å²) in [5.41, 5.74) is 0.139. The second kappa shape index (κ2) is 4.24. The fourth-order valence-corrected chi connectivity index (χ4v) is 2.17. The van der Waals surface area contributed by atoms with Crippen LogP contribution in [-0.2, 0) is 4.79 Å². The van der Waals surface area contributed by atoms with Crippen LogP contribution in [0.3, 0.4) is 0 Å². The average Bonchev–Trinajstić information content (AvgIpc) is 2.48. The Kier molecular flexibility index (Phi) is 3.53. The maximum atomic E-state index is 11.5. The average molecular weight is 247 g/mol. The molecule has 4 nitrogen and oxygen atoms in total. The number of hydrogen-bond donors (Lipinski definition) is 2. The van der Waals surface area contributed by atoms with Crippen LogP contribution in [-0.4, -0.2) is 23.9 Å². The zero-order valence-electron chi connectivity index (χ0n) is 10.2. The number of alkyl halides is 1. The van der Waals surface area contributed by atoms with Gasteiger partial charge in [-0.15, -0.1) is 11.6 Å². The van der Waals surface area contributed by atoms with E-state index in [1.807, 2.05) is 0 Å². The van der Waals surface area contributed by atoms with Gasteiger partial charge < -0.3 is 5.32 Å². The molecule has 5 heteroatoms. The molecule has 0 aromatic rings. The van der Waals surface area contributed by atoms with Crippen molar-refractivity contribution in [3.05, 3.63) is 0 Å². The molecule has 0 aromatic carbocycles. The molecular weight excluding hydrogens is 228 g/mol. The summed E-state index contributed by atoms with van der Waals surface area (Å²) in [6.07, 6.45) is 0.159. The first kappa shape index (κ1) is 13.3. The summed E-state index contributed by atoms with van der Waals surface area (Å²) in [7, 11) is 0. The third-order valence-corrected chi connectivity index (χ3v) is 4.06. The van der Waals surface area contributed by atoms with Crippen molar-refractivity contribution in [3.63, 3.8) is 0 Å². The summed E-state index contributed by atoms with van der Waals surface area (Å²) in [6, 6.07) is -0.331. The Bertz CT molecular complexity index is 299. The van der Waals surface area contributed by atoms with Crippen LogP contribution >= 0.6 is 11.6 Å². The number of halogens is 1. The van der Waals surface area contributed by atoms with Gasteiger partial charge in [0.15, 0.2) is 0 Å². The van der Waals surface area contributed by atoms with Gasteiger partial charge in [-0.05, 0) is 10.8 Å². The molecule has 0 heterocycles. The van der Waals surface area contributed by atoms with Crippen LogP contribution in [0.15, 0.2) is 0 Å². The molecule has 92 valence electrons. The lowest BCUT2D eigenvalue weighted by Crippen LogP contribution is -2.42. The van der Waals surface area contributed by atoms with Gasteiger partial charge in [0.25, 0.3) is 0 Å². The highest BCUT2D eigenvalue weighted by molar-refractivity contribution is 6.19. The van der Waals surface area contributed by atoms with Crippen molar-refractivity contribution in [1.29, 1.82) is 0 Å². The molecule has 1 rings (SSSR count). The Labute approximate surface area is 101 Å². The van der Waals surface area contributed by atoms with E-state index in [1.165, 1.54) is 0 Å². The summed E-state index contributed by atoms with van der Waals surface area (Å²) in [5, 5.41) is 5.06. The van der Waals surface area contributed by atoms with Crippen molar-refractivity contribution in [3.8, 4) is 0 Å². The zero-order chi connectivity index (χ0) is 12.6. The minimum atomic E-state index is -0.432. The summed E-state index contributed by atoms with van der Waals surface area (Å²) in [6.45, 7) is 8.38. The number of carbonyl (C=O) groups excluding carboxylic acids is 2. The summed E-state index contributed by atoms with van der Waals surface area (Å²) in [5.74, 6) is -0.122. The van der Waals surface area contributed by atoms with Gasteiger partial charge in [-0.25, -0.2) is 4.79 Å². The SMILES string of the molecule is CC1(C)C(NC(=O)NC(=O)CCCl)C1(C)C. The Morgan fingerprint density at radius 1 is 1.19 bits per heavy atom.